The van der Waals surface area contributed by atoms with Gasteiger partial charge in [-0.3, -0.25) is 4.79 Å². The summed E-state index contributed by atoms with van der Waals surface area (Å²) in [6.45, 7) is 2.18. The van der Waals surface area contributed by atoms with E-state index < -0.39 is 11.7 Å². The highest BCUT2D eigenvalue weighted by Gasteiger charge is 2.12. The molecule has 1 N–H and O–H groups in total. The van der Waals surface area contributed by atoms with Crippen molar-refractivity contribution in [1.29, 1.82) is 0 Å². The van der Waals surface area contributed by atoms with E-state index in [1.807, 2.05) is 12.3 Å². The molecule has 1 aromatic heterocycles. The van der Waals surface area contributed by atoms with Crippen molar-refractivity contribution in [2.75, 3.05) is 0 Å². The second-order valence-electron chi connectivity index (χ2n) is 3.70. The number of hydrogen-bond acceptors (Lipinski definition) is 4. The number of halogens is 1. The summed E-state index contributed by atoms with van der Waals surface area (Å²) in [5, 5.41) is 5.42. The van der Waals surface area contributed by atoms with E-state index in [2.05, 4.69) is 22.9 Å². The number of nitrogens with one attached hydrogen (secondary N) is 1. The summed E-state index contributed by atoms with van der Waals surface area (Å²) in [7, 11) is 0. The number of amides is 1. The molecule has 0 saturated heterocycles. The molecule has 2 rings (SSSR count). The third-order valence-electron chi connectivity index (χ3n) is 2.29. The highest BCUT2D eigenvalue weighted by atomic mass is 32.1. The van der Waals surface area contributed by atoms with E-state index in [0.29, 0.717) is 11.4 Å². The zero-order valence-electron chi connectivity index (χ0n) is 9.61. The van der Waals surface area contributed by atoms with Crippen LogP contribution in [0.3, 0.4) is 0 Å². The number of rotatable bonds is 3. The van der Waals surface area contributed by atoms with Crippen LogP contribution in [0.15, 0.2) is 28.5 Å². The lowest BCUT2D eigenvalue weighted by Gasteiger charge is -2.05. The number of hydrogen-bond donors (Lipinski definition) is 2. The minimum atomic E-state index is -0.556. The van der Waals surface area contributed by atoms with Gasteiger partial charge in [-0.2, -0.15) is 0 Å². The van der Waals surface area contributed by atoms with Crippen LogP contribution in [0, 0.1) is 12.7 Å². The molecule has 0 aliphatic rings. The van der Waals surface area contributed by atoms with E-state index in [-0.39, 0.29) is 5.56 Å². The molecule has 1 aromatic carbocycles. The first-order chi connectivity index (χ1) is 8.56. The SMILES string of the molecule is Cc1nc(CNC(=O)c2cc(S)ccc2F)cs1. The lowest BCUT2D eigenvalue weighted by Crippen LogP contribution is -2.24. The average molecular weight is 282 g/mol. The molecule has 0 radical (unpaired) electrons. The van der Waals surface area contributed by atoms with Crippen molar-refractivity contribution in [3.8, 4) is 0 Å². The molecule has 18 heavy (non-hydrogen) atoms. The van der Waals surface area contributed by atoms with Crippen molar-refractivity contribution in [2.24, 2.45) is 0 Å². The lowest BCUT2D eigenvalue weighted by molar-refractivity contribution is 0.0946. The first-order valence-electron chi connectivity index (χ1n) is 5.24. The predicted octanol–water partition coefficient (Wildman–Crippen LogP) is 2.81. The van der Waals surface area contributed by atoms with Gasteiger partial charge in [0, 0.05) is 10.3 Å². The molecule has 0 unspecified atom stereocenters. The number of aromatic nitrogens is 1. The maximum absolute atomic E-state index is 13.4. The minimum Gasteiger partial charge on any atom is -0.346 e. The Kier molecular flexibility index (Phi) is 3.98. The second kappa shape index (κ2) is 5.49. The Hall–Kier alpha value is -1.40. The minimum absolute atomic E-state index is 0.00514. The van der Waals surface area contributed by atoms with E-state index >= 15 is 0 Å². The highest BCUT2D eigenvalue weighted by molar-refractivity contribution is 7.80. The molecule has 94 valence electrons. The van der Waals surface area contributed by atoms with Gasteiger partial charge < -0.3 is 5.32 Å². The van der Waals surface area contributed by atoms with Crippen LogP contribution in [-0.2, 0) is 6.54 Å². The van der Waals surface area contributed by atoms with E-state index in [0.717, 1.165) is 10.7 Å². The second-order valence-corrected chi connectivity index (χ2v) is 5.28. The molecular weight excluding hydrogens is 271 g/mol. The van der Waals surface area contributed by atoms with Crippen molar-refractivity contribution in [1.82, 2.24) is 10.3 Å². The normalized spacial score (nSPS) is 10.4. The average Bonchev–Trinajstić information content (AvgIpc) is 2.75. The molecule has 2 aromatic rings. The molecule has 1 heterocycles. The van der Waals surface area contributed by atoms with Gasteiger partial charge in [0.2, 0.25) is 0 Å². The molecule has 3 nitrogen and oxygen atoms in total. The van der Waals surface area contributed by atoms with Gasteiger partial charge in [-0.15, -0.1) is 24.0 Å². The van der Waals surface area contributed by atoms with Crippen molar-refractivity contribution in [3.05, 3.63) is 45.7 Å². The summed E-state index contributed by atoms with van der Waals surface area (Å²) in [5.74, 6) is -1.02. The van der Waals surface area contributed by atoms with Gasteiger partial charge in [-0.1, -0.05) is 0 Å². The third kappa shape index (κ3) is 3.08. The van der Waals surface area contributed by atoms with Crippen LogP contribution in [-0.4, -0.2) is 10.9 Å². The Labute approximate surface area is 113 Å². The number of carbonyl (C=O) groups excluding carboxylic acids is 1. The monoisotopic (exact) mass is 282 g/mol. The molecule has 0 aliphatic heterocycles. The topological polar surface area (TPSA) is 42.0 Å². The van der Waals surface area contributed by atoms with Gasteiger partial charge >= 0.3 is 0 Å². The Balaban J connectivity index is 2.05. The zero-order chi connectivity index (χ0) is 13.1. The van der Waals surface area contributed by atoms with Crippen LogP contribution in [0.25, 0.3) is 0 Å². The largest absolute Gasteiger partial charge is 0.346 e. The van der Waals surface area contributed by atoms with Gasteiger partial charge in [-0.25, -0.2) is 9.37 Å². The van der Waals surface area contributed by atoms with Crippen molar-refractivity contribution < 1.29 is 9.18 Å². The summed E-state index contributed by atoms with van der Waals surface area (Å²) >= 11 is 5.59. The van der Waals surface area contributed by atoms with Crippen LogP contribution in [0.2, 0.25) is 0 Å². The van der Waals surface area contributed by atoms with Gasteiger partial charge in [-0.05, 0) is 25.1 Å². The maximum Gasteiger partial charge on any atom is 0.254 e. The molecule has 0 atom stereocenters. The summed E-state index contributed by atoms with van der Waals surface area (Å²) in [4.78, 5) is 16.5. The summed E-state index contributed by atoms with van der Waals surface area (Å²) in [5.41, 5.74) is 0.766. The highest BCUT2D eigenvalue weighted by Crippen LogP contribution is 2.14. The quantitative estimate of drug-likeness (QED) is 0.850. The zero-order valence-corrected chi connectivity index (χ0v) is 11.3. The number of nitrogens with zero attached hydrogens (tertiary/aromatic N) is 1. The van der Waals surface area contributed by atoms with Crippen LogP contribution in [0.4, 0.5) is 4.39 Å². The van der Waals surface area contributed by atoms with E-state index in [1.165, 1.54) is 29.5 Å². The summed E-state index contributed by atoms with van der Waals surface area (Å²) in [6.07, 6.45) is 0. The molecule has 0 fully saturated rings. The van der Waals surface area contributed by atoms with Crippen molar-refractivity contribution in [2.45, 2.75) is 18.4 Å². The Morgan fingerprint density at radius 2 is 2.33 bits per heavy atom. The fraction of sp³-hybridized carbons (Fsp3) is 0.167. The van der Waals surface area contributed by atoms with Crippen molar-refractivity contribution >= 4 is 29.9 Å². The smallest absolute Gasteiger partial charge is 0.254 e. The van der Waals surface area contributed by atoms with Crippen LogP contribution >= 0.6 is 24.0 Å². The number of benzene rings is 1. The molecule has 6 heteroatoms. The Bertz CT molecular complexity index is 583. The summed E-state index contributed by atoms with van der Waals surface area (Å²) in [6, 6.07) is 4.13. The first-order valence-corrected chi connectivity index (χ1v) is 6.56. The van der Waals surface area contributed by atoms with E-state index in [4.69, 9.17) is 0 Å². The fourth-order valence-electron chi connectivity index (χ4n) is 1.44. The lowest BCUT2D eigenvalue weighted by atomic mass is 10.2. The van der Waals surface area contributed by atoms with Crippen molar-refractivity contribution in [3.63, 3.8) is 0 Å². The standard InChI is InChI=1S/C12H11FN2OS2/c1-7-15-8(6-18-7)5-14-12(16)10-4-9(17)2-3-11(10)13/h2-4,6,17H,5H2,1H3,(H,14,16). The third-order valence-corrected chi connectivity index (χ3v) is 3.39. The van der Waals surface area contributed by atoms with Crippen LogP contribution in [0.5, 0.6) is 0 Å². The van der Waals surface area contributed by atoms with E-state index in [9.17, 15) is 9.18 Å². The maximum atomic E-state index is 13.4. The molecular formula is C12H11FN2OS2. The number of carbonyl (C=O) groups is 1. The number of aryl methyl sites for hydroxylation is 1. The molecule has 0 saturated carbocycles. The van der Waals surface area contributed by atoms with Gasteiger partial charge in [0.05, 0.1) is 22.8 Å². The molecule has 0 bridgehead atoms. The number of thiazole rings is 1. The first kappa shape index (κ1) is 13.0. The van der Waals surface area contributed by atoms with Crippen LogP contribution in [0.1, 0.15) is 21.1 Å². The Morgan fingerprint density at radius 1 is 1.56 bits per heavy atom. The predicted molar refractivity (Wildman–Crippen MR) is 71.7 cm³/mol. The molecule has 0 spiro atoms. The van der Waals surface area contributed by atoms with Gasteiger partial charge in [0.15, 0.2) is 0 Å². The van der Waals surface area contributed by atoms with Gasteiger partial charge in [0.1, 0.15) is 5.82 Å². The van der Waals surface area contributed by atoms with Gasteiger partial charge in [0.25, 0.3) is 5.91 Å². The summed E-state index contributed by atoms with van der Waals surface area (Å²) < 4.78 is 13.4. The number of thiol groups is 1. The Morgan fingerprint density at radius 3 is 3.00 bits per heavy atom. The molecule has 1 amide bonds. The molecule has 0 aliphatic carbocycles. The van der Waals surface area contributed by atoms with E-state index in [1.54, 1.807) is 0 Å². The van der Waals surface area contributed by atoms with Crippen LogP contribution < -0.4 is 5.32 Å². The fourth-order valence-corrected chi connectivity index (χ4v) is 2.26.